The first kappa shape index (κ1) is 36.9. The van der Waals surface area contributed by atoms with E-state index in [0.717, 1.165) is 27.2 Å². The van der Waals surface area contributed by atoms with E-state index < -0.39 is 14.4 Å². The average molecular weight is 744 g/mol. The average Bonchev–Trinajstić information content (AvgIpc) is 3.65. The number of benzene rings is 3. The van der Waals surface area contributed by atoms with E-state index in [9.17, 15) is 4.79 Å². The number of rotatable bonds is 12. The second-order valence-electron chi connectivity index (χ2n) is 13.5. The van der Waals surface area contributed by atoms with Crippen molar-refractivity contribution in [2.75, 3.05) is 0 Å². The quantitative estimate of drug-likeness (QED) is 0.1000. The van der Waals surface area contributed by atoms with Gasteiger partial charge in [0.15, 0.2) is 5.78 Å². The molecule has 52 heavy (non-hydrogen) atoms. The van der Waals surface area contributed by atoms with Gasteiger partial charge in [0, 0.05) is 41.1 Å². The number of ketones is 1. The Labute approximate surface area is 316 Å². The van der Waals surface area contributed by atoms with Crippen LogP contribution in [0.25, 0.3) is 23.9 Å². The van der Waals surface area contributed by atoms with Gasteiger partial charge in [0.1, 0.15) is 6.04 Å². The Kier molecular flexibility index (Phi) is 11.5. The summed E-state index contributed by atoms with van der Waals surface area (Å²) in [6.07, 6.45) is 14.1. The third-order valence-corrected chi connectivity index (χ3v) is 14.8. The van der Waals surface area contributed by atoms with Crippen molar-refractivity contribution >= 4 is 65.9 Å². The number of pyridine rings is 2. The van der Waals surface area contributed by atoms with Crippen molar-refractivity contribution < 1.29 is 9.22 Å². The standard InChI is InChI=1S/C43H40Cl2N4O2Si/c1-43(2,3)52(34-11-6-4-7-12-34,35-13-8-5-9-14-35)51-30-36-37(44)21-22-38(41(36)45)49-28-10-15-39(49)42(46)40(50)23-18-32-17-20-33(48-29-32)19-16-31-24-26-47-27-25-31/h4-29,42H,30,46H2,1-3H3/b19-16+,23-18+. The smallest absolute Gasteiger partial charge is 0.261 e. The fraction of sp³-hybridized carbons (Fsp3) is 0.140. The van der Waals surface area contributed by atoms with E-state index in [1.807, 2.05) is 83.6 Å². The maximum Gasteiger partial charge on any atom is 0.261 e. The third kappa shape index (κ3) is 7.94. The topological polar surface area (TPSA) is 83.0 Å². The highest BCUT2D eigenvalue weighted by Crippen LogP contribution is 2.39. The number of hydrogen-bond donors (Lipinski definition) is 1. The highest BCUT2D eigenvalue weighted by Gasteiger charge is 2.50. The molecule has 3 aromatic heterocycles. The summed E-state index contributed by atoms with van der Waals surface area (Å²) in [5.41, 5.74) is 11.1. The molecule has 0 aliphatic heterocycles. The van der Waals surface area contributed by atoms with Crippen LogP contribution in [0, 0.1) is 0 Å². The fourth-order valence-electron chi connectivity index (χ4n) is 6.41. The van der Waals surface area contributed by atoms with E-state index in [0.29, 0.717) is 27.0 Å². The number of carbonyl (C=O) groups is 1. The first-order chi connectivity index (χ1) is 25.1. The molecule has 0 spiro atoms. The number of hydrogen-bond acceptors (Lipinski definition) is 5. The number of halogens is 2. The minimum atomic E-state index is -2.87. The molecule has 0 aliphatic carbocycles. The molecule has 0 saturated carbocycles. The minimum absolute atomic E-state index is 0.190. The highest BCUT2D eigenvalue weighted by atomic mass is 35.5. The van der Waals surface area contributed by atoms with Crippen LogP contribution in [0.4, 0.5) is 0 Å². The summed E-state index contributed by atoms with van der Waals surface area (Å²) in [6.45, 7) is 6.87. The molecule has 1 atom stereocenters. The van der Waals surface area contributed by atoms with Gasteiger partial charge in [-0.15, -0.1) is 0 Å². The van der Waals surface area contributed by atoms with E-state index >= 15 is 0 Å². The summed E-state index contributed by atoms with van der Waals surface area (Å²) in [7, 11) is -2.87. The maximum atomic E-state index is 13.4. The predicted octanol–water partition coefficient (Wildman–Crippen LogP) is 9.10. The van der Waals surface area contributed by atoms with Crippen molar-refractivity contribution in [2.45, 2.75) is 38.5 Å². The Hall–Kier alpha value is -4.89. The SMILES string of the molecule is CC(C)(C)[Si](OCc1c(Cl)ccc(-n2cccc2C(N)C(=O)/C=C/c2ccc(/C=C/c3ccncc3)nc2)c1Cl)(c1ccccc1)c1ccccc1. The molecule has 2 N–H and O–H groups in total. The van der Waals surface area contributed by atoms with Gasteiger partial charge in [-0.25, -0.2) is 0 Å². The van der Waals surface area contributed by atoms with Gasteiger partial charge in [0.25, 0.3) is 8.32 Å². The summed E-state index contributed by atoms with van der Waals surface area (Å²) in [5.74, 6) is -0.262. The van der Waals surface area contributed by atoms with Crippen LogP contribution in [-0.4, -0.2) is 28.6 Å². The number of nitrogens with zero attached hydrogens (tertiary/aromatic N) is 3. The molecular formula is C43H40Cl2N4O2Si. The van der Waals surface area contributed by atoms with Gasteiger partial charge >= 0.3 is 0 Å². The molecule has 0 fully saturated rings. The lowest BCUT2D eigenvalue weighted by Crippen LogP contribution is -2.66. The minimum Gasteiger partial charge on any atom is -0.403 e. The normalized spacial score (nSPS) is 12.8. The lowest BCUT2D eigenvalue weighted by molar-refractivity contribution is -0.115. The number of carbonyl (C=O) groups excluding carboxylic acids is 1. The fourth-order valence-corrected chi connectivity index (χ4v) is 11.5. The Morgan fingerprint density at radius 3 is 2.12 bits per heavy atom. The molecule has 9 heteroatoms. The van der Waals surface area contributed by atoms with Gasteiger partial charge in [-0.3, -0.25) is 14.8 Å². The van der Waals surface area contributed by atoms with Crippen LogP contribution in [0.2, 0.25) is 15.1 Å². The highest BCUT2D eigenvalue weighted by molar-refractivity contribution is 6.99. The van der Waals surface area contributed by atoms with Crippen LogP contribution in [0.15, 0.2) is 140 Å². The van der Waals surface area contributed by atoms with Crippen LogP contribution in [0.1, 0.15) is 54.9 Å². The zero-order valence-corrected chi connectivity index (χ0v) is 31.8. The van der Waals surface area contributed by atoms with Crippen LogP contribution in [0.3, 0.4) is 0 Å². The summed E-state index contributed by atoms with van der Waals surface area (Å²) in [5, 5.41) is 3.02. The lowest BCUT2D eigenvalue weighted by Gasteiger charge is -2.43. The van der Waals surface area contributed by atoms with Crippen LogP contribution in [0.5, 0.6) is 0 Å². The summed E-state index contributed by atoms with van der Waals surface area (Å²) in [6, 6.07) is 34.9. The van der Waals surface area contributed by atoms with Crippen LogP contribution >= 0.6 is 23.2 Å². The van der Waals surface area contributed by atoms with Gasteiger partial charge in [0.2, 0.25) is 0 Å². The molecule has 262 valence electrons. The van der Waals surface area contributed by atoms with Crippen LogP contribution in [-0.2, 0) is 15.8 Å². The zero-order chi connectivity index (χ0) is 36.7. The molecule has 6 nitrogen and oxygen atoms in total. The molecule has 0 aliphatic rings. The van der Waals surface area contributed by atoms with Gasteiger partial charge in [-0.05, 0) is 87.2 Å². The van der Waals surface area contributed by atoms with E-state index in [4.69, 9.17) is 33.4 Å². The van der Waals surface area contributed by atoms with Crippen molar-refractivity contribution in [3.63, 3.8) is 0 Å². The molecule has 3 heterocycles. The van der Waals surface area contributed by atoms with E-state index in [1.165, 1.54) is 6.08 Å². The van der Waals surface area contributed by atoms with Gasteiger partial charge < -0.3 is 14.7 Å². The van der Waals surface area contributed by atoms with Crippen molar-refractivity contribution in [2.24, 2.45) is 5.73 Å². The summed E-state index contributed by atoms with van der Waals surface area (Å²) < 4.78 is 9.02. The molecule has 0 amide bonds. The lowest BCUT2D eigenvalue weighted by atomic mass is 10.1. The van der Waals surface area contributed by atoms with E-state index in [2.05, 4.69) is 79.3 Å². The second kappa shape index (κ2) is 16.2. The van der Waals surface area contributed by atoms with Crippen molar-refractivity contribution in [3.8, 4) is 5.69 Å². The summed E-state index contributed by atoms with van der Waals surface area (Å²) in [4.78, 5) is 21.9. The van der Waals surface area contributed by atoms with Gasteiger partial charge in [-0.1, -0.05) is 117 Å². The van der Waals surface area contributed by atoms with Crippen molar-refractivity contribution in [1.29, 1.82) is 0 Å². The van der Waals surface area contributed by atoms with Crippen molar-refractivity contribution in [1.82, 2.24) is 14.5 Å². The predicted molar refractivity (Wildman–Crippen MR) is 217 cm³/mol. The van der Waals surface area contributed by atoms with Crippen molar-refractivity contribution in [3.05, 3.63) is 178 Å². The Morgan fingerprint density at radius 1 is 0.827 bits per heavy atom. The first-order valence-electron chi connectivity index (χ1n) is 17.0. The number of aromatic nitrogens is 3. The summed E-state index contributed by atoms with van der Waals surface area (Å²) >= 11 is 14.0. The second-order valence-corrected chi connectivity index (χ2v) is 18.5. The monoisotopic (exact) mass is 742 g/mol. The molecule has 0 radical (unpaired) electrons. The van der Waals surface area contributed by atoms with Crippen LogP contribution < -0.4 is 16.1 Å². The Balaban J connectivity index is 1.23. The van der Waals surface area contributed by atoms with Gasteiger partial charge in [0.05, 0.1) is 23.0 Å². The molecule has 1 unspecified atom stereocenters. The zero-order valence-electron chi connectivity index (χ0n) is 29.3. The molecule has 3 aromatic carbocycles. The number of nitrogens with two attached hydrogens (primary N) is 1. The van der Waals surface area contributed by atoms with E-state index in [-0.39, 0.29) is 17.4 Å². The first-order valence-corrected chi connectivity index (χ1v) is 19.7. The Morgan fingerprint density at radius 2 is 1.50 bits per heavy atom. The molecule has 0 saturated heterocycles. The van der Waals surface area contributed by atoms with E-state index in [1.54, 1.807) is 24.7 Å². The maximum absolute atomic E-state index is 13.4. The third-order valence-electron chi connectivity index (χ3n) is 9.08. The molecular weight excluding hydrogens is 703 g/mol. The molecule has 0 bridgehead atoms. The van der Waals surface area contributed by atoms with Gasteiger partial charge in [-0.2, -0.15) is 0 Å². The molecule has 6 aromatic rings. The Bertz CT molecular complexity index is 2140. The largest absolute Gasteiger partial charge is 0.403 e. The molecule has 6 rings (SSSR count).